The molecule has 4 rings (SSSR count). The van der Waals surface area contributed by atoms with Crippen molar-refractivity contribution < 1.29 is 9.21 Å². The van der Waals surface area contributed by atoms with Gasteiger partial charge in [-0.1, -0.05) is 18.2 Å². The summed E-state index contributed by atoms with van der Waals surface area (Å²) >= 11 is 0. The van der Waals surface area contributed by atoms with Crippen LogP contribution in [0.25, 0.3) is 16.7 Å². The number of ketones is 1. The minimum atomic E-state index is -1.12. The van der Waals surface area contributed by atoms with Crippen LogP contribution in [0.5, 0.6) is 0 Å². The van der Waals surface area contributed by atoms with Crippen LogP contribution in [0.15, 0.2) is 53.1 Å². The van der Waals surface area contributed by atoms with Gasteiger partial charge in [0.05, 0.1) is 6.07 Å². The van der Waals surface area contributed by atoms with Crippen LogP contribution in [-0.4, -0.2) is 20.2 Å². The first-order valence-corrected chi connectivity index (χ1v) is 7.41. The second-order valence-corrected chi connectivity index (χ2v) is 5.47. The lowest BCUT2D eigenvalue weighted by Crippen LogP contribution is -2.12. The lowest BCUT2D eigenvalue weighted by Gasteiger charge is -2.00. The zero-order valence-corrected chi connectivity index (χ0v) is 12.8. The first kappa shape index (κ1) is 14.2. The summed E-state index contributed by atoms with van der Waals surface area (Å²) in [5.74, 6) is -1.45. The van der Waals surface area contributed by atoms with Gasteiger partial charge >= 0.3 is 0 Å². The maximum Gasteiger partial charge on any atom is 0.220 e. The third kappa shape index (κ3) is 2.15. The fraction of sp³-hybridized carbons (Fsp3) is 0.111. The largest absolute Gasteiger partial charge is 0.439 e. The number of pyridine rings is 1. The molecule has 0 aliphatic carbocycles. The molecule has 0 saturated heterocycles. The number of hydrogen-bond donors (Lipinski definition) is 0. The Morgan fingerprint density at radius 1 is 1.21 bits per heavy atom. The number of carbonyl (C=O) groups excluding carboxylic acids is 1. The van der Waals surface area contributed by atoms with E-state index in [1.807, 2.05) is 47.7 Å². The van der Waals surface area contributed by atoms with Gasteiger partial charge in [-0.3, -0.25) is 4.79 Å². The molecular weight excluding hydrogens is 304 g/mol. The monoisotopic (exact) mass is 316 g/mol. The lowest BCUT2D eigenvalue weighted by atomic mass is 10.0. The third-order valence-electron chi connectivity index (χ3n) is 3.90. The van der Waals surface area contributed by atoms with Crippen LogP contribution in [0.2, 0.25) is 0 Å². The summed E-state index contributed by atoms with van der Waals surface area (Å²) in [6.07, 6.45) is 1.64. The molecule has 0 spiro atoms. The zero-order valence-electron chi connectivity index (χ0n) is 12.8. The summed E-state index contributed by atoms with van der Waals surface area (Å²) in [7, 11) is 0. The molecule has 0 bridgehead atoms. The molecule has 116 valence electrons. The van der Waals surface area contributed by atoms with E-state index in [9.17, 15) is 10.1 Å². The number of nitriles is 1. The smallest absolute Gasteiger partial charge is 0.220 e. The molecule has 0 fully saturated rings. The first-order valence-electron chi connectivity index (χ1n) is 7.41. The molecule has 3 aromatic heterocycles. The standard InChI is InChI=1S/C18H12N4O2/c1-11-5-4-8-16-20-14(10-22(11)16)17(23)12(9-19)18-21-13-6-2-3-7-15(13)24-18/h2-8,10,12H,1H3/t12-/m1/s1. The molecule has 0 unspecified atom stereocenters. The number of aryl methyl sites for hydroxylation is 1. The van der Waals surface area contributed by atoms with Crippen molar-refractivity contribution in [3.63, 3.8) is 0 Å². The topological polar surface area (TPSA) is 84.2 Å². The van der Waals surface area contributed by atoms with Crippen molar-refractivity contribution in [3.8, 4) is 6.07 Å². The Morgan fingerprint density at radius 3 is 2.79 bits per heavy atom. The van der Waals surface area contributed by atoms with Crippen molar-refractivity contribution in [1.29, 1.82) is 5.26 Å². The van der Waals surface area contributed by atoms with Crippen LogP contribution in [0, 0.1) is 18.3 Å². The molecule has 0 N–H and O–H groups in total. The second kappa shape index (κ2) is 5.32. The Morgan fingerprint density at radius 2 is 2.04 bits per heavy atom. The van der Waals surface area contributed by atoms with Crippen LogP contribution in [0.1, 0.15) is 28.0 Å². The van der Waals surface area contributed by atoms with Crippen molar-refractivity contribution >= 4 is 22.5 Å². The number of imidazole rings is 1. The fourth-order valence-corrected chi connectivity index (χ4v) is 2.65. The molecule has 1 atom stereocenters. The highest BCUT2D eigenvalue weighted by Crippen LogP contribution is 2.24. The van der Waals surface area contributed by atoms with Crippen LogP contribution < -0.4 is 0 Å². The number of para-hydroxylation sites is 2. The van der Waals surface area contributed by atoms with Crippen LogP contribution in [-0.2, 0) is 0 Å². The summed E-state index contributed by atoms with van der Waals surface area (Å²) < 4.78 is 7.39. The number of Topliss-reactive ketones (excluding diaryl/α,β-unsaturated/α-hetero) is 1. The number of fused-ring (bicyclic) bond motifs is 2. The van der Waals surface area contributed by atoms with Crippen molar-refractivity contribution in [2.75, 3.05) is 0 Å². The molecule has 6 nitrogen and oxygen atoms in total. The lowest BCUT2D eigenvalue weighted by molar-refractivity contribution is 0.0966. The second-order valence-electron chi connectivity index (χ2n) is 5.47. The Kier molecular flexibility index (Phi) is 3.14. The zero-order chi connectivity index (χ0) is 16.7. The third-order valence-corrected chi connectivity index (χ3v) is 3.90. The molecule has 4 aromatic rings. The normalized spacial score (nSPS) is 12.3. The van der Waals surface area contributed by atoms with Gasteiger partial charge in [0, 0.05) is 11.9 Å². The van der Waals surface area contributed by atoms with Crippen molar-refractivity contribution in [3.05, 3.63) is 65.9 Å². The molecule has 0 radical (unpaired) electrons. The Bertz CT molecular complexity index is 1080. The van der Waals surface area contributed by atoms with E-state index in [0.717, 1.165) is 5.69 Å². The molecule has 0 aliphatic rings. The van der Waals surface area contributed by atoms with Gasteiger partial charge in [-0.25, -0.2) is 9.97 Å². The summed E-state index contributed by atoms with van der Waals surface area (Å²) in [6.45, 7) is 1.92. The molecule has 24 heavy (non-hydrogen) atoms. The van der Waals surface area contributed by atoms with Gasteiger partial charge in [0.25, 0.3) is 0 Å². The average Bonchev–Trinajstić information content (AvgIpc) is 3.19. The minimum absolute atomic E-state index is 0.0949. The quantitative estimate of drug-likeness (QED) is 0.542. The minimum Gasteiger partial charge on any atom is -0.439 e. The molecule has 0 amide bonds. The summed E-state index contributed by atoms with van der Waals surface area (Å²) in [4.78, 5) is 21.3. The summed E-state index contributed by atoms with van der Waals surface area (Å²) in [5.41, 5.74) is 3.00. The van der Waals surface area contributed by atoms with E-state index in [0.29, 0.717) is 16.7 Å². The predicted molar refractivity (Wildman–Crippen MR) is 86.6 cm³/mol. The van der Waals surface area contributed by atoms with E-state index in [-0.39, 0.29) is 11.6 Å². The number of aromatic nitrogens is 3. The Labute approximate surface area is 137 Å². The fourth-order valence-electron chi connectivity index (χ4n) is 2.65. The van der Waals surface area contributed by atoms with E-state index in [1.165, 1.54) is 0 Å². The highest BCUT2D eigenvalue weighted by molar-refractivity contribution is 6.01. The summed E-state index contributed by atoms with van der Waals surface area (Å²) in [6, 6.07) is 14.7. The Hall–Kier alpha value is -3.46. The molecule has 1 aromatic carbocycles. The molecule has 0 aliphatic heterocycles. The van der Waals surface area contributed by atoms with Gasteiger partial charge in [0.2, 0.25) is 11.7 Å². The van der Waals surface area contributed by atoms with Gasteiger partial charge in [0.15, 0.2) is 11.5 Å². The number of nitrogens with zero attached hydrogens (tertiary/aromatic N) is 4. The highest BCUT2D eigenvalue weighted by atomic mass is 16.3. The SMILES string of the molecule is Cc1cccc2nc(C(=O)[C@@H](C#N)c3nc4ccccc4o3)cn12. The van der Waals surface area contributed by atoms with Gasteiger partial charge in [-0.05, 0) is 31.2 Å². The van der Waals surface area contributed by atoms with Gasteiger partial charge in [-0.2, -0.15) is 5.26 Å². The van der Waals surface area contributed by atoms with Gasteiger partial charge in [-0.15, -0.1) is 0 Å². The van der Waals surface area contributed by atoms with E-state index in [1.54, 1.807) is 18.3 Å². The average molecular weight is 316 g/mol. The number of carbonyl (C=O) groups is 1. The van der Waals surface area contributed by atoms with Crippen molar-refractivity contribution in [2.45, 2.75) is 12.8 Å². The molecule has 0 saturated carbocycles. The van der Waals surface area contributed by atoms with Crippen LogP contribution >= 0.6 is 0 Å². The maximum atomic E-state index is 12.7. The maximum absolute atomic E-state index is 12.7. The summed E-state index contributed by atoms with van der Waals surface area (Å²) in [5, 5.41) is 9.46. The number of oxazole rings is 1. The van der Waals surface area contributed by atoms with Gasteiger partial charge < -0.3 is 8.82 Å². The van der Waals surface area contributed by atoms with E-state index < -0.39 is 11.7 Å². The predicted octanol–water partition coefficient (Wildman–Crippen LogP) is 3.27. The first-order chi connectivity index (χ1) is 11.7. The van der Waals surface area contributed by atoms with E-state index in [2.05, 4.69) is 9.97 Å². The number of hydrogen-bond acceptors (Lipinski definition) is 5. The highest BCUT2D eigenvalue weighted by Gasteiger charge is 2.29. The van der Waals surface area contributed by atoms with Crippen LogP contribution in [0.3, 0.4) is 0 Å². The van der Waals surface area contributed by atoms with E-state index in [4.69, 9.17) is 4.42 Å². The van der Waals surface area contributed by atoms with Crippen LogP contribution in [0.4, 0.5) is 0 Å². The number of benzene rings is 1. The van der Waals surface area contributed by atoms with Gasteiger partial charge in [0.1, 0.15) is 16.9 Å². The molecular formula is C18H12N4O2. The number of rotatable bonds is 3. The van der Waals surface area contributed by atoms with Crippen molar-refractivity contribution in [1.82, 2.24) is 14.4 Å². The Balaban J connectivity index is 1.77. The molecule has 6 heteroatoms. The van der Waals surface area contributed by atoms with Crippen molar-refractivity contribution in [2.24, 2.45) is 0 Å². The van der Waals surface area contributed by atoms with E-state index >= 15 is 0 Å². The molecule has 3 heterocycles.